The highest BCUT2D eigenvalue weighted by atomic mass is 79.9. The first-order valence-electron chi connectivity index (χ1n) is 3.29. The molecular formula is C8H10BrNO. The predicted molar refractivity (Wildman–Crippen MR) is 48.5 cm³/mol. The lowest BCUT2D eigenvalue weighted by Crippen LogP contribution is -2.15. The van der Waals surface area contributed by atoms with E-state index < -0.39 is 0 Å². The normalized spacial score (nSPS) is 10.2. The molecular weight excluding hydrogens is 206 g/mol. The van der Waals surface area contributed by atoms with Crippen molar-refractivity contribution in [1.82, 2.24) is 5.06 Å². The number of nitrogens with zero attached hydrogens (tertiary/aromatic N) is 1. The molecule has 0 fully saturated rings. The molecule has 11 heavy (non-hydrogen) atoms. The number of rotatable bonds is 2. The van der Waals surface area contributed by atoms with Crippen LogP contribution in [0.25, 0.3) is 0 Å². The van der Waals surface area contributed by atoms with Gasteiger partial charge in [-0.2, -0.15) is 5.06 Å². The summed E-state index contributed by atoms with van der Waals surface area (Å²) in [7, 11) is 3.70. The largest absolute Gasteiger partial charge is 0.407 e. The molecule has 0 aromatic heterocycles. The topological polar surface area (TPSA) is 12.5 Å². The van der Waals surface area contributed by atoms with Crippen LogP contribution >= 0.6 is 15.9 Å². The number of hydrogen-bond acceptors (Lipinski definition) is 2. The maximum Gasteiger partial charge on any atom is 0.147 e. The maximum atomic E-state index is 5.28. The summed E-state index contributed by atoms with van der Waals surface area (Å²) < 4.78 is 1.06. The molecule has 1 aromatic rings. The van der Waals surface area contributed by atoms with Crippen molar-refractivity contribution in [2.75, 3.05) is 14.1 Å². The van der Waals surface area contributed by atoms with Crippen molar-refractivity contribution in [1.29, 1.82) is 0 Å². The molecule has 0 saturated carbocycles. The zero-order valence-electron chi connectivity index (χ0n) is 6.54. The van der Waals surface area contributed by atoms with E-state index in [0.717, 1.165) is 10.2 Å². The monoisotopic (exact) mass is 215 g/mol. The standard InChI is InChI=1S/C8H10BrNO/c1-10(2)11-8-5-3-7(9)4-6-8/h3-6H,1-2H3. The van der Waals surface area contributed by atoms with Crippen LogP contribution in [0.2, 0.25) is 0 Å². The Morgan fingerprint density at radius 1 is 1.18 bits per heavy atom. The van der Waals surface area contributed by atoms with Gasteiger partial charge in [0.2, 0.25) is 0 Å². The molecule has 0 atom stereocenters. The summed E-state index contributed by atoms with van der Waals surface area (Å²) >= 11 is 3.34. The van der Waals surface area contributed by atoms with E-state index in [4.69, 9.17) is 4.84 Å². The Kier molecular flexibility index (Phi) is 2.91. The van der Waals surface area contributed by atoms with Gasteiger partial charge in [-0.05, 0) is 24.3 Å². The van der Waals surface area contributed by atoms with E-state index in [1.807, 2.05) is 38.4 Å². The number of halogens is 1. The minimum absolute atomic E-state index is 0.846. The van der Waals surface area contributed by atoms with Crippen molar-refractivity contribution in [3.05, 3.63) is 28.7 Å². The van der Waals surface area contributed by atoms with Gasteiger partial charge in [-0.1, -0.05) is 15.9 Å². The van der Waals surface area contributed by atoms with E-state index in [2.05, 4.69) is 15.9 Å². The minimum Gasteiger partial charge on any atom is -0.407 e. The maximum absolute atomic E-state index is 5.28. The van der Waals surface area contributed by atoms with Crippen LogP contribution in [-0.4, -0.2) is 19.2 Å². The van der Waals surface area contributed by atoms with Crippen LogP contribution in [0.4, 0.5) is 0 Å². The third-order valence-corrected chi connectivity index (χ3v) is 1.63. The van der Waals surface area contributed by atoms with Crippen LogP contribution in [-0.2, 0) is 0 Å². The van der Waals surface area contributed by atoms with E-state index in [1.54, 1.807) is 5.06 Å². The van der Waals surface area contributed by atoms with Crippen molar-refractivity contribution in [3.63, 3.8) is 0 Å². The summed E-state index contributed by atoms with van der Waals surface area (Å²) in [5.74, 6) is 0.846. The Hall–Kier alpha value is -0.540. The zero-order valence-corrected chi connectivity index (χ0v) is 8.13. The second-order valence-electron chi connectivity index (χ2n) is 2.36. The lowest BCUT2D eigenvalue weighted by Gasteiger charge is -2.11. The molecule has 0 saturated heterocycles. The molecule has 0 aliphatic carbocycles. The number of hydroxylamine groups is 2. The Balaban J connectivity index is 2.66. The SMILES string of the molecule is CN(C)Oc1ccc(Br)cc1. The fraction of sp³-hybridized carbons (Fsp3) is 0.250. The van der Waals surface area contributed by atoms with Gasteiger partial charge in [0.25, 0.3) is 0 Å². The highest BCUT2D eigenvalue weighted by Gasteiger charge is 1.93. The van der Waals surface area contributed by atoms with E-state index in [1.165, 1.54) is 0 Å². The molecule has 2 nitrogen and oxygen atoms in total. The summed E-state index contributed by atoms with van der Waals surface area (Å²) in [6.07, 6.45) is 0. The second kappa shape index (κ2) is 3.74. The van der Waals surface area contributed by atoms with Crippen LogP contribution in [0.15, 0.2) is 28.7 Å². The van der Waals surface area contributed by atoms with E-state index >= 15 is 0 Å². The summed E-state index contributed by atoms with van der Waals surface area (Å²) in [5.41, 5.74) is 0. The Bertz CT molecular complexity index is 220. The summed E-state index contributed by atoms with van der Waals surface area (Å²) in [5, 5.41) is 1.66. The van der Waals surface area contributed by atoms with Crippen molar-refractivity contribution in [3.8, 4) is 5.75 Å². The zero-order chi connectivity index (χ0) is 8.27. The smallest absolute Gasteiger partial charge is 0.147 e. The van der Waals surface area contributed by atoms with Gasteiger partial charge in [0.15, 0.2) is 0 Å². The Labute approximate surface area is 74.9 Å². The first-order valence-corrected chi connectivity index (χ1v) is 4.08. The average molecular weight is 216 g/mol. The first-order chi connectivity index (χ1) is 5.18. The highest BCUT2D eigenvalue weighted by molar-refractivity contribution is 9.10. The quantitative estimate of drug-likeness (QED) is 0.703. The van der Waals surface area contributed by atoms with Crippen molar-refractivity contribution in [2.45, 2.75) is 0 Å². The third kappa shape index (κ3) is 2.91. The first kappa shape index (κ1) is 8.56. The van der Waals surface area contributed by atoms with Crippen LogP contribution in [0.3, 0.4) is 0 Å². The molecule has 3 heteroatoms. The average Bonchev–Trinajstić information content (AvgIpc) is 1.93. The van der Waals surface area contributed by atoms with Gasteiger partial charge in [0, 0.05) is 18.6 Å². The molecule has 60 valence electrons. The van der Waals surface area contributed by atoms with Crippen molar-refractivity contribution in [2.24, 2.45) is 0 Å². The van der Waals surface area contributed by atoms with Gasteiger partial charge in [0.05, 0.1) is 0 Å². The Morgan fingerprint density at radius 3 is 2.18 bits per heavy atom. The minimum atomic E-state index is 0.846. The molecule has 1 rings (SSSR count). The summed E-state index contributed by atoms with van der Waals surface area (Å²) in [6, 6.07) is 7.70. The van der Waals surface area contributed by atoms with E-state index in [-0.39, 0.29) is 0 Å². The number of hydrogen-bond donors (Lipinski definition) is 0. The van der Waals surface area contributed by atoms with Gasteiger partial charge in [0.1, 0.15) is 5.75 Å². The lowest BCUT2D eigenvalue weighted by molar-refractivity contribution is -0.00326. The summed E-state index contributed by atoms with van der Waals surface area (Å²) in [4.78, 5) is 5.28. The van der Waals surface area contributed by atoms with Gasteiger partial charge in [-0.15, -0.1) is 0 Å². The number of benzene rings is 1. The van der Waals surface area contributed by atoms with Crippen LogP contribution < -0.4 is 4.84 Å². The molecule has 0 heterocycles. The van der Waals surface area contributed by atoms with Gasteiger partial charge in [-0.3, -0.25) is 0 Å². The van der Waals surface area contributed by atoms with E-state index in [9.17, 15) is 0 Å². The van der Waals surface area contributed by atoms with Crippen LogP contribution in [0, 0.1) is 0 Å². The molecule has 0 spiro atoms. The Morgan fingerprint density at radius 2 is 1.73 bits per heavy atom. The molecule has 0 radical (unpaired) electrons. The molecule has 0 aliphatic heterocycles. The molecule has 0 amide bonds. The van der Waals surface area contributed by atoms with Crippen LogP contribution in [0.1, 0.15) is 0 Å². The highest BCUT2D eigenvalue weighted by Crippen LogP contribution is 2.16. The molecule has 0 unspecified atom stereocenters. The molecule has 0 aliphatic rings. The summed E-state index contributed by atoms with van der Waals surface area (Å²) in [6.45, 7) is 0. The van der Waals surface area contributed by atoms with Gasteiger partial charge >= 0.3 is 0 Å². The molecule has 0 N–H and O–H groups in total. The molecule has 1 aromatic carbocycles. The predicted octanol–water partition coefficient (Wildman–Crippen LogP) is 2.30. The lowest BCUT2D eigenvalue weighted by atomic mass is 10.3. The fourth-order valence-corrected chi connectivity index (χ4v) is 0.971. The third-order valence-electron chi connectivity index (χ3n) is 1.10. The van der Waals surface area contributed by atoms with E-state index in [0.29, 0.717) is 0 Å². The van der Waals surface area contributed by atoms with Crippen molar-refractivity contribution >= 4 is 15.9 Å². The second-order valence-corrected chi connectivity index (χ2v) is 3.27. The van der Waals surface area contributed by atoms with Gasteiger partial charge in [-0.25, -0.2) is 0 Å². The van der Waals surface area contributed by atoms with Crippen LogP contribution in [0.5, 0.6) is 5.75 Å². The van der Waals surface area contributed by atoms with Crippen molar-refractivity contribution < 1.29 is 4.84 Å². The fourth-order valence-electron chi connectivity index (χ4n) is 0.706. The van der Waals surface area contributed by atoms with Gasteiger partial charge < -0.3 is 4.84 Å². The molecule has 0 bridgehead atoms.